The van der Waals surface area contributed by atoms with E-state index in [4.69, 9.17) is 0 Å². The SMILES string of the molecule is CC(C)N1CCN(C(=O)C2(O)CC2)CC1. The molecule has 1 aliphatic carbocycles. The Labute approximate surface area is 90.9 Å². The molecule has 2 aliphatic rings. The minimum atomic E-state index is -0.986. The highest BCUT2D eigenvalue weighted by Crippen LogP contribution is 2.37. The normalized spacial score (nSPS) is 25.7. The van der Waals surface area contributed by atoms with Gasteiger partial charge in [0, 0.05) is 32.2 Å². The topological polar surface area (TPSA) is 43.8 Å². The van der Waals surface area contributed by atoms with Crippen molar-refractivity contribution < 1.29 is 9.90 Å². The van der Waals surface area contributed by atoms with Crippen LogP contribution in [0.15, 0.2) is 0 Å². The van der Waals surface area contributed by atoms with Gasteiger partial charge in [0.25, 0.3) is 5.91 Å². The Kier molecular flexibility index (Phi) is 2.73. The third-order valence-corrected chi connectivity index (χ3v) is 3.45. The minimum Gasteiger partial charge on any atom is -0.380 e. The van der Waals surface area contributed by atoms with E-state index in [1.54, 1.807) is 0 Å². The summed E-state index contributed by atoms with van der Waals surface area (Å²) in [7, 11) is 0. The molecule has 1 aliphatic heterocycles. The molecule has 1 N–H and O–H groups in total. The highest BCUT2D eigenvalue weighted by molar-refractivity contribution is 5.87. The number of rotatable bonds is 2. The van der Waals surface area contributed by atoms with Crippen molar-refractivity contribution in [3.05, 3.63) is 0 Å². The van der Waals surface area contributed by atoms with E-state index in [0.717, 1.165) is 26.2 Å². The van der Waals surface area contributed by atoms with E-state index in [0.29, 0.717) is 18.9 Å². The molecule has 0 aromatic heterocycles. The second-order valence-electron chi connectivity index (χ2n) is 4.95. The monoisotopic (exact) mass is 212 g/mol. The molecule has 0 atom stereocenters. The van der Waals surface area contributed by atoms with Gasteiger partial charge in [-0.2, -0.15) is 0 Å². The van der Waals surface area contributed by atoms with Crippen LogP contribution in [0.25, 0.3) is 0 Å². The van der Waals surface area contributed by atoms with Crippen LogP contribution in [0, 0.1) is 0 Å². The van der Waals surface area contributed by atoms with E-state index in [1.807, 2.05) is 4.90 Å². The molecule has 0 spiro atoms. The van der Waals surface area contributed by atoms with Crippen molar-refractivity contribution in [1.82, 2.24) is 9.80 Å². The molecule has 1 heterocycles. The summed E-state index contributed by atoms with van der Waals surface area (Å²) in [6.07, 6.45) is 1.30. The van der Waals surface area contributed by atoms with E-state index >= 15 is 0 Å². The third kappa shape index (κ3) is 2.16. The summed E-state index contributed by atoms with van der Waals surface area (Å²) < 4.78 is 0. The van der Waals surface area contributed by atoms with Crippen molar-refractivity contribution in [2.75, 3.05) is 26.2 Å². The van der Waals surface area contributed by atoms with E-state index in [1.165, 1.54) is 0 Å². The average molecular weight is 212 g/mol. The van der Waals surface area contributed by atoms with Gasteiger partial charge < -0.3 is 10.0 Å². The van der Waals surface area contributed by atoms with E-state index in [2.05, 4.69) is 18.7 Å². The zero-order valence-corrected chi connectivity index (χ0v) is 9.57. The summed E-state index contributed by atoms with van der Waals surface area (Å²) >= 11 is 0. The van der Waals surface area contributed by atoms with Gasteiger partial charge >= 0.3 is 0 Å². The Morgan fingerprint density at radius 1 is 1.20 bits per heavy atom. The maximum Gasteiger partial charge on any atom is 0.254 e. The van der Waals surface area contributed by atoms with Crippen molar-refractivity contribution in [2.24, 2.45) is 0 Å². The average Bonchev–Trinajstić information content (AvgIpc) is 2.97. The molecule has 1 saturated heterocycles. The number of hydrogen-bond donors (Lipinski definition) is 1. The molecule has 0 radical (unpaired) electrons. The summed E-state index contributed by atoms with van der Waals surface area (Å²) in [6, 6.07) is 0.547. The van der Waals surface area contributed by atoms with Gasteiger partial charge in [0.15, 0.2) is 0 Å². The Balaban J connectivity index is 1.85. The lowest BCUT2D eigenvalue weighted by Crippen LogP contribution is -2.53. The smallest absolute Gasteiger partial charge is 0.254 e. The maximum absolute atomic E-state index is 11.8. The van der Waals surface area contributed by atoms with E-state index < -0.39 is 5.60 Å². The lowest BCUT2D eigenvalue weighted by Gasteiger charge is -2.37. The molecule has 2 fully saturated rings. The molecular weight excluding hydrogens is 192 g/mol. The van der Waals surface area contributed by atoms with Crippen molar-refractivity contribution in [2.45, 2.75) is 38.3 Å². The minimum absolute atomic E-state index is 0.0501. The fourth-order valence-corrected chi connectivity index (χ4v) is 2.07. The van der Waals surface area contributed by atoms with Crippen molar-refractivity contribution in [3.8, 4) is 0 Å². The van der Waals surface area contributed by atoms with Crippen LogP contribution in [0.4, 0.5) is 0 Å². The standard InChI is InChI=1S/C11H20N2O2/c1-9(2)12-5-7-13(8-6-12)10(14)11(15)3-4-11/h9,15H,3-8H2,1-2H3. The first-order valence-electron chi connectivity index (χ1n) is 5.79. The molecule has 4 nitrogen and oxygen atoms in total. The number of carbonyl (C=O) groups excluding carboxylic acids is 1. The van der Waals surface area contributed by atoms with Gasteiger partial charge in [0.05, 0.1) is 0 Å². The first-order valence-corrected chi connectivity index (χ1v) is 5.79. The quantitative estimate of drug-likeness (QED) is 0.704. The van der Waals surface area contributed by atoms with Crippen molar-refractivity contribution >= 4 is 5.91 Å². The number of carbonyl (C=O) groups is 1. The zero-order valence-electron chi connectivity index (χ0n) is 9.57. The largest absolute Gasteiger partial charge is 0.380 e. The molecule has 1 amide bonds. The van der Waals surface area contributed by atoms with Crippen molar-refractivity contribution in [1.29, 1.82) is 0 Å². The molecule has 15 heavy (non-hydrogen) atoms. The molecule has 86 valence electrons. The van der Waals surface area contributed by atoms with Crippen LogP contribution < -0.4 is 0 Å². The van der Waals surface area contributed by atoms with Crippen LogP contribution in [-0.2, 0) is 4.79 Å². The predicted octanol–water partition coefficient (Wildman–Crippen LogP) is 0.0639. The van der Waals surface area contributed by atoms with E-state index in [9.17, 15) is 9.90 Å². The number of nitrogens with zero attached hydrogens (tertiary/aromatic N) is 2. The lowest BCUT2D eigenvalue weighted by molar-refractivity contribution is -0.144. The number of amides is 1. The Bertz CT molecular complexity index is 253. The maximum atomic E-state index is 11.8. The highest BCUT2D eigenvalue weighted by Gasteiger charge is 2.50. The second kappa shape index (κ2) is 3.76. The van der Waals surface area contributed by atoms with Crippen LogP contribution in [0.5, 0.6) is 0 Å². The van der Waals surface area contributed by atoms with Gasteiger partial charge in [0.1, 0.15) is 5.60 Å². The van der Waals surface area contributed by atoms with Crippen LogP contribution in [-0.4, -0.2) is 58.6 Å². The molecule has 0 aromatic carbocycles. The third-order valence-electron chi connectivity index (χ3n) is 3.45. The summed E-state index contributed by atoms with van der Waals surface area (Å²) in [5.74, 6) is -0.0501. The molecular formula is C11H20N2O2. The van der Waals surface area contributed by atoms with Crippen LogP contribution in [0.1, 0.15) is 26.7 Å². The Morgan fingerprint density at radius 3 is 2.13 bits per heavy atom. The van der Waals surface area contributed by atoms with Crippen LogP contribution in [0.3, 0.4) is 0 Å². The van der Waals surface area contributed by atoms with Crippen LogP contribution in [0.2, 0.25) is 0 Å². The van der Waals surface area contributed by atoms with Gasteiger partial charge in [0.2, 0.25) is 0 Å². The number of hydrogen-bond acceptors (Lipinski definition) is 3. The second-order valence-corrected chi connectivity index (χ2v) is 4.95. The summed E-state index contributed by atoms with van der Waals surface area (Å²) in [4.78, 5) is 16.0. The fraction of sp³-hybridized carbons (Fsp3) is 0.909. The van der Waals surface area contributed by atoms with Crippen molar-refractivity contribution in [3.63, 3.8) is 0 Å². The van der Waals surface area contributed by atoms with E-state index in [-0.39, 0.29) is 5.91 Å². The number of aliphatic hydroxyl groups is 1. The molecule has 1 saturated carbocycles. The fourth-order valence-electron chi connectivity index (χ4n) is 2.07. The molecule has 2 rings (SSSR count). The van der Waals surface area contributed by atoms with Gasteiger partial charge in [-0.1, -0.05) is 0 Å². The Hall–Kier alpha value is -0.610. The van der Waals surface area contributed by atoms with Gasteiger partial charge in [-0.25, -0.2) is 0 Å². The predicted molar refractivity (Wildman–Crippen MR) is 57.5 cm³/mol. The molecule has 0 unspecified atom stereocenters. The number of piperazine rings is 1. The molecule has 4 heteroatoms. The summed E-state index contributed by atoms with van der Waals surface area (Å²) in [5.41, 5.74) is -0.986. The first-order chi connectivity index (χ1) is 7.03. The van der Waals surface area contributed by atoms with Crippen LogP contribution >= 0.6 is 0 Å². The Morgan fingerprint density at radius 2 is 1.73 bits per heavy atom. The summed E-state index contributed by atoms with van der Waals surface area (Å²) in [6.45, 7) is 7.73. The molecule has 0 bridgehead atoms. The van der Waals surface area contributed by atoms with Gasteiger partial charge in [-0.15, -0.1) is 0 Å². The summed E-state index contributed by atoms with van der Waals surface area (Å²) in [5, 5.41) is 9.72. The zero-order chi connectivity index (χ0) is 11.1. The molecule has 0 aromatic rings. The van der Waals surface area contributed by atoms with Gasteiger partial charge in [-0.05, 0) is 26.7 Å². The lowest BCUT2D eigenvalue weighted by atomic mass is 10.2. The highest BCUT2D eigenvalue weighted by atomic mass is 16.3. The first kappa shape index (κ1) is 10.9. The van der Waals surface area contributed by atoms with Gasteiger partial charge in [-0.3, -0.25) is 9.69 Å².